The van der Waals surface area contributed by atoms with E-state index < -0.39 is 0 Å². The third-order valence-corrected chi connectivity index (χ3v) is 5.15. The van der Waals surface area contributed by atoms with Crippen molar-refractivity contribution >= 4 is 46.6 Å². The van der Waals surface area contributed by atoms with Crippen LogP contribution in [-0.2, 0) is 11.4 Å². The molecule has 2 aromatic carbocycles. The molecule has 0 radical (unpaired) electrons. The molecule has 2 heterocycles. The van der Waals surface area contributed by atoms with Gasteiger partial charge in [0.1, 0.15) is 35.4 Å². The normalized spacial score (nSPS) is 15.0. The van der Waals surface area contributed by atoms with Gasteiger partial charge in [0.05, 0.1) is 5.69 Å². The number of hydrogen-bond acceptors (Lipinski definition) is 4. The highest BCUT2D eigenvalue weighted by molar-refractivity contribution is 7.80. The molecule has 30 heavy (non-hydrogen) atoms. The Balaban J connectivity index is 1.45. The van der Waals surface area contributed by atoms with Crippen LogP contribution in [0.2, 0.25) is 5.02 Å². The Morgan fingerprint density at radius 3 is 2.70 bits per heavy atom. The Labute approximate surface area is 182 Å². The van der Waals surface area contributed by atoms with E-state index in [1.165, 1.54) is 29.2 Å². The van der Waals surface area contributed by atoms with E-state index in [4.69, 9.17) is 33.0 Å². The van der Waals surface area contributed by atoms with Crippen LogP contribution >= 0.6 is 23.8 Å². The van der Waals surface area contributed by atoms with Gasteiger partial charge in [0, 0.05) is 11.1 Å². The number of benzene rings is 2. The lowest BCUT2D eigenvalue weighted by molar-refractivity contribution is -0.113. The maximum Gasteiger partial charge on any atom is 0.281 e. The molecule has 0 unspecified atom stereocenters. The Morgan fingerprint density at radius 2 is 1.97 bits per heavy atom. The first-order chi connectivity index (χ1) is 14.4. The van der Waals surface area contributed by atoms with Gasteiger partial charge in [-0.05, 0) is 79.3 Å². The molecular formula is C22H16ClFN2O3S. The fraction of sp³-hybridized carbons (Fsp3) is 0.0909. The van der Waals surface area contributed by atoms with Gasteiger partial charge in [-0.1, -0.05) is 11.6 Å². The highest BCUT2D eigenvalue weighted by atomic mass is 35.5. The van der Waals surface area contributed by atoms with Crippen LogP contribution in [0.3, 0.4) is 0 Å². The summed E-state index contributed by atoms with van der Waals surface area (Å²) >= 11 is 11.3. The Morgan fingerprint density at radius 1 is 1.20 bits per heavy atom. The second kappa shape index (κ2) is 8.30. The third kappa shape index (κ3) is 4.22. The molecular weight excluding hydrogens is 427 g/mol. The molecule has 0 atom stereocenters. The SMILES string of the molecule is Cc1cc(OCc2ccc(/C=C3/NC(=S)N(c4ccc(F)cc4)C3=O)o2)ccc1Cl. The van der Waals surface area contributed by atoms with Crippen molar-refractivity contribution in [3.8, 4) is 5.75 Å². The maximum absolute atomic E-state index is 13.2. The van der Waals surface area contributed by atoms with Crippen molar-refractivity contribution in [1.29, 1.82) is 0 Å². The van der Waals surface area contributed by atoms with Crippen molar-refractivity contribution in [2.75, 3.05) is 4.90 Å². The number of anilines is 1. The number of amides is 1. The summed E-state index contributed by atoms with van der Waals surface area (Å²) in [5, 5.41) is 3.76. The zero-order chi connectivity index (χ0) is 21.3. The van der Waals surface area contributed by atoms with Crippen molar-refractivity contribution in [2.24, 2.45) is 0 Å². The number of hydrogen-bond donors (Lipinski definition) is 1. The number of aryl methyl sites for hydroxylation is 1. The number of nitrogens with one attached hydrogen (secondary N) is 1. The number of ether oxygens (including phenoxy) is 1. The molecule has 1 fully saturated rings. The molecule has 1 saturated heterocycles. The molecule has 8 heteroatoms. The summed E-state index contributed by atoms with van der Waals surface area (Å²) in [6.45, 7) is 2.13. The summed E-state index contributed by atoms with van der Waals surface area (Å²) in [5.74, 6) is 1.01. The summed E-state index contributed by atoms with van der Waals surface area (Å²) in [5.41, 5.74) is 1.67. The number of carbonyl (C=O) groups excluding carboxylic acids is 1. The fourth-order valence-electron chi connectivity index (χ4n) is 2.91. The van der Waals surface area contributed by atoms with Crippen LogP contribution in [0.15, 0.2) is 64.7 Å². The predicted molar refractivity (Wildman–Crippen MR) is 117 cm³/mol. The minimum Gasteiger partial charge on any atom is -0.486 e. The first kappa shape index (κ1) is 20.1. The van der Waals surface area contributed by atoms with E-state index in [2.05, 4.69) is 5.32 Å². The van der Waals surface area contributed by atoms with Crippen LogP contribution in [0.25, 0.3) is 6.08 Å². The number of carbonyl (C=O) groups is 1. The molecule has 5 nitrogen and oxygen atoms in total. The fourth-order valence-corrected chi connectivity index (χ4v) is 3.33. The Hall–Kier alpha value is -3.16. The van der Waals surface area contributed by atoms with Gasteiger partial charge in [-0.3, -0.25) is 9.69 Å². The molecule has 0 saturated carbocycles. The van der Waals surface area contributed by atoms with E-state index in [9.17, 15) is 9.18 Å². The van der Waals surface area contributed by atoms with Crippen LogP contribution in [-0.4, -0.2) is 11.0 Å². The van der Waals surface area contributed by atoms with Gasteiger partial charge in [-0.2, -0.15) is 0 Å². The zero-order valence-electron chi connectivity index (χ0n) is 15.8. The van der Waals surface area contributed by atoms with Gasteiger partial charge in [0.25, 0.3) is 5.91 Å². The van der Waals surface area contributed by atoms with Crippen LogP contribution in [0, 0.1) is 12.7 Å². The van der Waals surface area contributed by atoms with Crippen molar-refractivity contribution in [3.63, 3.8) is 0 Å². The van der Waals surface area contributed by atoms with E-state index in [0.29, 0.717) is 28.0 Å². The van der Waals surface area contributed by atoms with Gasteiger partial charge in [-0.25, -0.2) is 4.39 Å². The molecule has 1 aromatic heterocycles. The summed E-state index contributed by atoms with van der Waals surface area (Å²) < 4.78 is 24.6. The highest BCUT2D eigenvalue weighted by Gasteiger charge is 2.32. The maximum atomic E-state index is 13.2. The predicted octanol–water partition coefficient (Wildman–Crippen LogP) is 5.22. The average Bonchev–Trinajstić information content (AvgIpc) is 3.28. The molecule has 3 aromatic rings. The van der Waals surface area contributed by atoms with Crippen LogP contribution in [0.4, 0.5) is 10.1 Å². The summed E-state index contributed by atoms with van der Waals surface area (Å²) in [4.78, 5) is 14.0. The van der Waals surface area contributed by atoms with Gasteiger partial charge >= 0.3 is 0 Å². The van der Waals surface area contributed by atoms with E-state index >= 15 is 0 Å². The second-order valence-corrected chi connectivity index (χ2v) is 7.40. The average molecular weight is 443 g/mol. The topological polar surface area (TPSA) is 54.7 Å². The lowest BCUT2D eigenvalue weighted by Crippen LogP contribution is -2.30. The first-order valence-electron chi connectivity index (χ1n) is 9.01. The monoisotopic (exact) mass is 442 g/mol. The smallest absolute Gasteiger partial charge is 0.281 e. The first-order valence-corrected chi connectivity index (χ1v) is 9.80. The quantitative estimate of drug-likeness (QED) is 0.433. The third-order valence-electron chi connectivity index (χ3n) is 4.44. The lowest BCUT2D eigenvalue weighted by Gasteiger charge is -2.13. The van der Waals surface area contributed by atoms with E-state index in [-0.39, 0.29) is 29.1 Å². The van der Waals surface area contributed by atoms with Gasteiger partial charge in [-0.15, -0.1) is 0 Å². The molecule has 152 valence electrons. The highest BCUT2D eigenvalue weighted by Crippen LogP contribution is 2.24. The minimum absolute atomic E-state index is 0.214. The largest absolute Gasteiger partial charge is 0.486 e. The van der Waals surface area contributed by atoms with E-state index in [1.54, 1.807) is 30.3 Å². The molecule has 4 rings (SSSR count). The second-order valence-electron chi connectivity index (χ2n) is 6.61. The number of thiocarbonyl (C=S) groups is 1. The summed E-state index contributed by atoms with van der Waals surface area (Å²) in [6.07, 6.45) is 1.56. The summed E-state index contributed by atoms with van der Waals surface area (Å²) in [7, 11) is 0. The van der Waals surface area contributed by atoms with Crippen LogP contribution in [0.5, 0.6) is 5.75 Å². The van der Waals surface area contributed by atoms with Crippen molar-refractivity contribution in [2.45, 2.75) is 13.5 Å². The molecule has 1 aliphatic rings. The Bertz CT molecular complexity index is 1160. The number of halogens is 2. The van der Waals surface area contributed by atoms with E-state index in [1.807, 2.05) is 13.0 Å². The molecule has 1 aliphatic heterocycles. The molecule has 0 bridgehead atoms. The summed E-state index contributed by atoms with van der Waals surface area (Å²) in [6, 6.07) is 14.4. The molecule has 1 amide bonds. The molecule has 0 spiro atoms. The van der Waals surface area contributed by atoms with Gasteiger partial charge in [0.2, 0.25) is 0 Å². The van der Waals surface area contributed by atoms with Gasteiger partial charge in [0.15, 0.2) is 5.11 Å². The van der Waals surface area contributed by atoms with Crippen molar-refractivity contribution in [1.82, 2.24) is 5.32 Å². The zero-order valence-corrected chi connectivity index (χ0v) is 17.4. The van der Waals surface area contributed by atoms with Crippen molar-refractivity contribution in [3.05, 3.63) is 88.2 Å². The number of furan rings is 1. The minimum atomic E-state index is -0.390. The molecule has 0 aliphatic carbocycles. The number of rotatable bonds is 5. The van der Waals surface area contributed by atoms with Crippen molar-refractivity contribution < 1.29 is 18.3 Å². The number of nitrogens with zero attached hydrogens (tertiary/aromatic N) is 1. The molecule has 1 N–H and O–H groups in total. The van der Waals surface area contributed by atoms with Crippen LogP contribution in [0.1, 0.15) is 17.1 Å². The van der Waals surface area contributed by atoms with Crippen LogP contribution < -0.4 is 15.0 Å². The van der Waals surface area contributed by atoms with Gasteiger partial charge < -0.3 is 14.5 Å². The standard InChI is InChI=1S/C22H16ClFN2O3S/c1-13-10-16(8-9-19(13)23)28-12-18-7-6-17(29-18)11-20-21(27)26(22(30)25-20)15-4-2-14(24)3-5-15/h2-11H,12H2,1H3,(H,25,30)/b20-11+. The van der Waals surface area contributed by atoms with E-state index in [0.717, 1.165) is 5.56 Å². The Kier molecular flexibility index (Phi) is 5.57. The lowest BCUT2D eigenvalue weighted by atomic mass is 10.2.